The van der Waals surface area contributed by atoms with Gasteiger partial charge in [0, 0.05) is 17.3 Å². The third kappa shape index (κ3) is 8.06. The number of carbonyl (C=O) groups is 4. The molecule has 0 spiro atoms. The Labute approximate surface area is 392 Å². The summed E-state index contributed by atoms with van der Waals surface area (Å²) >= 11 is 0. The Morgan fingerprint density at radius 3 is 1.82 bits per heavy atom. The number of rotatable bonds is 7. The first-order valence-electron chi connectivity index (χ1n) is 20.7. The van der Waals surface area contributed by atoms with Gasteiger partial charge in [0.2, 0.25) is 0 Å². The van der Waals surface area contributed by atoms with Crippen molar-refractivity contribution in [2.45, 2.75) is 174 Å². The van der Waals surface area contributed by atoms with E-state index in [9.17, 15) is 60.0 Å². The van der Waals surface area contributed by atoms with Crippen LogP contribution in [0.2, 0.25) is 0 Å². The predicted octanol–water partition coefficient (Wildman–Crippen LogP) is -10.7. The summed E-state index contributed by atoms with van der Waals surface area (Å²) in [6, 6.07) is 0. The van der Waals surface area contributed by atoms with Gasteiger partial charge in [0.15, 0.2) is 18.4 Å². The van der Waals surface area contributed by atoms with E-state index in [4.69, 9.17) is 18.9 Å². The number of fused-ring (bicyclic) bond motifs is 7. The van der Waals surface area contributed by atoms with Crippen molar-refractivity contribution in [1.29, 1.82) is 0 Å². The minimum Gasteiger partial charge on any atom is -0.550 e. The summed E-state index contributed by atoms with van der Waals surface area (Å²) in [5.74, 6) is -5.37. The Balaban J connectivity index is 0.00000273. The molecule has 19 heteroatoms. The second kappa shape index (κ2) is 17.8. The third-order valence-corrected chi connectivity index (χ3v) is 17.2. The van der Waals surface area contributed by atoms with Crippen LogP contribution in [0.3, 0.4) is 0 Å². The molecule has 5 N–H and O–H groups in total. The van der Waals surface area contributed by atoms with E-state index >= 15 is 0 Å². The van der Waals surface area contributed by atoms with E-state index in [1.54, 1.807) is 6.92 Å². The van der Waals surface area contributed by atoms with E-state index in [0.717, 1.165) is 24.8 Å². The number of allylic oxidation sites excluding steroid dienone is 2. The van der Waals surface area contributed by atoms with Crippen molar-refractivity contribution in [2.75, 3.05) is 0 Å². The summed E-state index contributed by atoms with van der Waals surface area (Å²) in [7, 11) is 0. The topological polar surface area (TPSA) is 276 Å². The Hall–Kier alpha value is -0.748. The molecule has 0 bridgehead atoms. The molecule has 2 saturated heterocycles. The average molecular weight is 841 g/mol. The molecule has 6 fully saturated rings. The van der Waals surface area contributed by atoms with E-state index in [0.29, 0.717) is 38.5 Å². The Morgan fingerprint density at radius 1 is 0.689 bits per heavy atom. The summed E-state index contributed by atoms with van der Waals surface area (Å²) in [5, 5.41) is 89.2. The molecule has 326 valence electrons. The molecule has 4 unspecified atom stereocenters. The van der Waals surface area contributed by atoms with Crippen LogP contribution in [0.15, 0.2) is 11.6 Å². The van der Waals surface area contributed by atoms with Gasteiger partial charge >= 0.3 is 56.6 Å². The second-order valence-electron chi connectivity index (χ2n) is 20.6. The molecule has 0 amide bonds. The van der Waals surface area contributed by atoms with Gasteiger partial charge < -0.3 is 74.2 Å². The molecule has 7 rings (SSSR count). The smallest absolute Gasteiger partial charge is 0.550 e. The number of aliphatic carboxylic acids is 3. The quantitative estimate of drug-likeness (QED) is 0.118. The van der Waals surface area contributed by atoms with Gasteiger partial charge in [0.05, 0.1) is 18.0 Å². The fraction of sp³-hybridized carbons (Fsp3) is 0.857. The molecule has 2 heterocycles. The van der Waals surface area contributed by atoms with Crippen molar-refractivity contribution < 1.29 is 136 Å². The normalized spacial score (nSPS) is 50.0. The summed E-state index contributed by atoms with van der Waals surface area (Å²) in [5.41, 5.74) is -2.11. The van der Waals surface area contributed by atoms with Gasteiger partial charge in [0.1, 0.15) is 48.8 Å². The van der Waals surface area contributed by atoms with Crippen LogP contribution in [-0.2, 0) is 38.1 Å². The minimum atomic E-state index is -2.16. The maximum Gasteiger partial charge on any atom is 1.00 e. The van der Waals surface area contributed by atoms with Crippen LogP contribution < -0.4 is 71.9 Å². The maximum atomic E-state index is 14.8. The summed E-state index contributed by atoms with van der Waals surface area (Å²) in [4.78, 5) is 50.9. The number of aliphatic hydroxyl groups is 5. The molecule has 16 nitrogen and oxygen atoms in total. The third-order valence-electron chi connectivity index (χ3n) is 17.2. The summed E-state index contributed by atoms with van der Waals surface area (Å²) in [6.45, 7) is 14.6. The van der Waals surface area contributed by atoms with E-state index in [1.165, 1.54) is 0 Å². The first-order valence-corrected chi connectivity index (χ1v) is 20.7. The van der Waals surface area contributed by atoms with Crippen molar-refractivity contribution in [3.05, 3.63) is 11.6 Å². The molecule has 4 saturated carbocycles. The standard InChI is InChI=1S/C42H62O16.3Li/c1-37(2)21-8-11-42(7)31(20(43)16-18-19-17-39(4,36(53)54)13-12-38(19,3)14-15-41(18,42)6)40(21,5)10-9-22(37)55-35-30(26(47)25(46)29(57-35)33(51)52)58-34-27(48)23(44)24(45)28(56-34)32(49)50;;;/h16,19,21-31,34-35,44-48H,8-15,17H2,1-7H3,(H,49,50)(H,51,52)(H,53,54);;;/q;3*+1/p-3/t19?,21?,22?,23-,24-,25-,26-,27+,28-,29-,30+,31?,34-,35+,38+,39-,40-,41+,42+;;;/m0.../s1. The number of ketones is 1. The zero-order valence-corrected chi connectivity index (χ0v) is 37.3. The second-order valence-corrected chi connectivity index (χ2v) is 20.6. The van der Waals surface area contributed by atoms with Crippen molar-refractivity contribution >= 4 is 23.7 Å². The summed E-state index contributed by atoms with van der Waals surface area (Å²) < 4.78 is 23.1. The molecule has 0 radical (unpaired) electrons. The van der Waals surface area contributed by atoms with Crippen LogP contribution >= 0.6 is 0 Å². The number of carbonyl (C=O) groups excluding carboxylic acids is 4. The fourth-order valence-electron chi connectivity index (χ4n) is 13.3. The van der Waals surface area contributed by atoms with Crippen LogP contribution in [0.4, 0.5) is 0 Å². The molecule has 5 aliphatic carbocycles. The Kier molecular flexibility index (Phi) is 15.4. The number of aliphatic hydroxyl groups excluding tert-OH is 5. The average Bonchev–Trinajstić information content (AvgIpc) is 3.13. The van der Waals surface area contributed by atoms with E-state index in [2.05, 4.69) is 27.7 Å². The molecular formula is C42H59Li3O16. The van der Waals surface area contributed by atoms with Gasteiger partial charge in [-0.3, -0.25) is 4.79 Å². The fourth-order valence-corrected chi connectivity index (χ4v) is 13.3. The van der Waals surface area contributed by atoms with Crippen LogP contribution in [0.5, 0.6) is 0 Å². The maximum absolute atomic E-state index is 14.8. The largest absolute Gasteiger partial charge is 1.00 e. The van der Waals surface area contributed by atoms with E-state index in [-0.39, 0.29) is 90.9 Å². The molecule has 0 aromatic heterocycles. The predicted molar refractivity (Wildman–Crippen MR) is 192 cm³/mol. The van der Waals surface area contributed by atoms with Gasteiger partial charge in [-0.05, 0) is 103 Å². The monoisotopic (exact) mass is 840 g/mol. The minimum absolute atomic E-state index is 0. The SMILES string of the molecule is CC1(C)C(O[C@@H]2O[C@H](C(=O)[O-])[C@@H](O)[C@H](O)[C@H]2O[C@@H]2O[C@H](C(=O)[O-])[C@@H](O)[C@H](O)[C@H]2O)CC[C@@]2(C)C1CC[C@]1(C)C2C(=O)C=C2C3C[C@@](C)(C(=O)[O-])CC[C@]3(C)CC[C@]21C.[Li+].[Li+].[Li+]. The van der Waals surface area contributed by atoms with Gasteiger partial charge in [-0.25, -0.2) is 0 Å². The van der Waals surface area contributed by atoms with Gasteiger partial charge in [-0.15, -0.1) is 0 Å². The number of ether oxygens (including phenoxy) is 4. The first-order chi connectivity index (χ1) is 26.8. The molecule has 19 atom stereocenters. The number of carboxylic acids is 3. The van der Waals surface area contributed by atoms with Crippen LogP contribution in [0, 0.1) is 50.2 Å². The van der Waals surface area contributed by atoms with Crippen LogP contribution in [0.1, 0.15) is 106 Å². The van der Waals surface area contributed by atoms with Gasteiger partial charge in [0.25, 0.3) is 0 Å². The number of carboxylic acid groups (broad SMARTS) is 3. The molecule has 7 aliphatic rings. The van der Waals surface area contributed by atoms with Crippen LogP contribution in [0.25, 0.3) is 0 Å². The van der Waals surface area contributed by atoms with Crippen molar-refractivity contribution in [3.63, 3.8) is 0 Å². The van der Waals surface area contributed by atoms with E-state index < -0.39 is 107 Å². The Bertz CT molecular complexity index is 1750. The first kappa shape index (κ1) is 52.9. The van der Waals surface area contributed by atoms with Crippen molar-refractivity contribution in [2.24, 2.45) is 50.2 Å². The molecule has 0 aromatic rings. The number of hydrogen-bond donors (Lipinski definition) is 5. The molecule has 61 heavy (non-hydrogen) atoms. The van der Waals surface area contributed by atoms with Crippen LogP contribution in [-0.4, -0.2) is 117 Å². The zero-order valence-electron chi connectivity index (χ0n) is 37.3. The van der Waals surface area contributed by atoms with E-state index in [1.807, 2.05) is 19.9 Å². The van der Waals surface area contributed by atoms with Crippen molar-refractivity contribution in [3.8, 4) is 0 Å². The van der Waals surface area contributed by atoms with Crippen molar-refractivity contribution in [1.82, 2.24) is 0 Å². The Morgan fingerprint density at radius 2 is 1.25 bits per heavy atom. The number of hydrogen-bond acceptors (Lipinski definition) is 16. The summed E-state index contributed by atoms with van der Waals surface area (Å²) in [6.07, 6.45) is -13.4. The van der Waals surface area contributed by atoms with Gasteiger partial charge in [-0.1, -0.05) is 54.0 Å². The zero-order chi connectivity index (χ0) is 42.9. The molecule has 2 aliphatic heterocycles. The van der Waals surface area contributed by atoms with Gasteiger partial charge in [-0.2, -0.15) is 0 Å². The molecule has 0 aromatic carbocycles. The molecular weight excluding hydrogens is 781 g/mol.